The molecule has 1 aliphatic rings. The van der Waals surface area contributed by atoms with Crippen LogP contribution in [0.1, 0.15) is 17.2 Å². The van der Waals surface area contributed by atoms with Crippen molar-refractivity contribution in [2.24, 2.45) is 0 Å². The molecular formula is C18H14BrClN4S. The minimum Gasteiger partial charge on any atom is -0.324 e. The number of allylic oxidation sites excluding steroid dienone is 1. The summed E-state index contributed by atoms with van der Waals surface area (Å²) in [4.78, 5) is 4.58. The van der Waals surface area contributed by atoms with Gasteiger partial charge in [0.15, 0.2) is 0 Å². The largest absolute Gasteiger partial charge is 0.324 e. The van der Waals surface area contributed by atoms with Crippen molar-refractivity contribution in [1.82, 2.24) is 14.8 Å². The van der Waals surface area contributed by atoms with Crippen molar-refractivity contribution in [1.29, 1.82) is 0 Å². The van der Waals surface area contributed by atoms with E-state index in [1.165, 1.54) is 11.8 Å². The van der Waals surface area contributed by atoms with Crippen LogP contribution in [0.25, 0.3) is 5.70 Å². The lowest BCUT2D eigenvalue weighted by Gasteiger charge is -2.24. The van der Waals surface area contributed by atoms with Crippen molar-refractivity contribution >= 4 is 50.9 Å². The predicted molar refractivity (Wildman–Crippen MR) is 107 cm³/mol. The van der Waals surface area contributed by atoms with E-state index in [1.807, 2.05) is 47.3 Å². The zero-order valence-electron chi connectivity index (χ0n) is 13.3. The molecule has 1 aliphatic heterocycles. The minimum atomic E-state index is -0.0246. The molecule has 0 radical (unpaired) electrons. The molecule has 2 aromatic carbocycles. The van der Waals surface area contributed by atoms with Gasteiger partial charge in [0, 0.05) is 15.2 Å². The van der Waals surface area contributed by atoms with Crippen molar-refractivity contribution in [3.05, 3.63) is 75.2 Å². The lowest BCUT2D eigenvalue weighted by atomic mass is 10.0. The summed E-state index contributed by atoms with van der Waals surface area (Å²) in [5.74, 6) is 0.740. The zero-order chi connectivity index (χ0) is 17.4. The Morgan fingerprint density at radius 1 is 1.12 bits per heavy atom. The van der Waals surface area contributed by atoms with Crippen molar-refractivity contribution in [2.75, 3.05) is 11.6 Å². The summed E-state index contributed by atoms with van der Waals surface area (Å²) in [5.41, 5.74) is 3.21. The average molecular weight is 434 g/mol. The van der Waals surface area contributed by atoms with Crippen LogP contribution in [0.15, 0.2) is 64.2 Å². The Bertz CT molecular complexity index is 935. The van der Waals surface area contributed by atoms with Gasteiger partial charge in [-0.3, -0.25) is 0 Å². The van der Waals surface area contributed by atoms with Crippen LogP contribution in [-0.4, -0.2) is 21.0 Å². The predicted octanol–water partition coefficient (Wildman–Crippen LogP) is 5.47. The monoisotopic (exact) mass is 432 g/mol. The second-order valence-electron chi connectivity index (χ2n) is 5.58. The van der Waals surface area contributed by atoms with Crippen LogP contribution < -0.4 is 5.32 Å². The van der Waals surface area contributed by atoms with Crippen LogP contribution >= 0.6 is 39.3 Å². The first-order valence-electron chi connectivity index (χ1n) is 7.65. The summed E-state index contributed by atoms with van der Waals surface area (Å²) in [5, 5.41) is 9.47. The molecule has 126 valence electrons. The smallest absolute Gasteiger partial charge is 0.227 e. The van der Waals surface area contributed by atoms with Gasteiger partial charge in [-0.05, 0) is 47.7 Å². The fourth-order valence-electron chi connectivity index (χ4n) is 2.76. The number of hydrogen-bond acceptors (Lipinski definition) is 4. The van der Waals surface area contributed by atoms with Gasteiger partial charge in [0.2, 0.25) is 11.1 Å². The Hall–Kier alpha value is -1.76. The summed E-state index contributed by atoms with van der Waals surface area (Å²) in [6.45, 7) is 0. The van der Waals surface area contributed by atoms with Crippen molar-refractivity contribution < 1.29 is 0 Å². The van der Waals surface area contributed by atoms with Crippen LogP contribution in [0.3, 0.4) is 0 Å². The van der Waals surface area contributed by atoms with Gasteiger partial charge in [-0.15, -0.1) is 5.10 Å². The van der Waals surface area contributed by atoms with E-state index in [9.17, 15) is 0 Å². The second-order valence-corrected chi connectivity index (χ2v) is 7.70. The number of halogens is 2. The van der Waals surface area contributed by atoms with Crippen molar-refractivity contribution in [3.63, 3.8) is 0 Å². The molecule has 1 N–H and O–H groups in total. The number of anilines is 1. The van der Waals surface area contributed by atoms with Gasteiger partial charge < -0.3 is 5.32 Å². The van der Waals surface area contributed by atoms with E-state index >= 15 is 0 Å². The highest BCUT2D eigenvalue weighted by Gasteiger charge is 2.25. The first-order valence-corrected chi connectivity index (χ1v) is 10.0. The third kappa shape index (κ3) is 3.34. The number of hydrogen-bond donors (Lipinski definition) is 1. The molecule has 0 fully saturated rings. The summed E-state index contributed by atoms with van der Waals surface area (Å²) < 4.78 is 2.98. The molecule has 0 aliphatic carbocycles. The Morgan fingerprint density at radius 3 is 2.52 bits per heavy atom. The third-order valence-corrected chi connectivity index (χ3v) is 5.31. The molecule has 0 amide bonds. The normalized spacial score (nSPS) is 16.1. The van der Waals surface area contributed by atoms with Crippen molar-refractivity contribution in [2.45, 2.75) is 11.2 Å². The van der Waals surface area contributed by atoms with Gasteiger partial charge in [-0.1, -0.05) is 63.6 Å². The van der Waals surface area contributed by atoms with Gasteiger partial charge in [0.1, 0.15) is 6.04 Å². The van der Waals surface area contributed by atoms with Crippen LogP contribution in [0.5, 0.6) is 0 Å². The molecule has 1 atom stereocenters. The van der Waals surface area contributed by atoms with E-state index < -0.39 is 0 Å². The summed E-state index contributed by atoms with van der Waals surface area (Å²) in [6, 6.07) is 16.0. The Kier molecular flexibility index (Phi) is 4.58. The number of rotatable bonds is 3. The number of nitrogens with zero attached hydrogens (tertiary/aromatic N) is 3. The molecule has 0 saturated carbocycles. The molecule has 1 aromatic heterocycles. The fraction of sp³-hybridized carbons (Fsp3) is 0.111. The Labute approximate surface area is 163 Å². The minimum absolute atomic E-state index is 0.0246. The van der Waals surface area contributed by atoms with Gasteiger partial charge in [-0.2, -0.15) is 4.98 Å². The van der Waals surface area contributed by atoms with E-state index in [-0.39, 0.29) is 6.04 Å². The maximum absolute atomic E-state index is 6.02. The lowest BCUT2D eigenvalue weighted by molar-refractivity contribution is 0.598. The molecule has 25 heavy (non-hydrogen) atoms. The van der Waals surface area contributed by atoms with Crippen LogP contribution in [0.4, 0.5) is 5.95 Å². The zero-order valence-corrected chi connectivity index (χ0v) is 16.4. The van der Waals surface area contributed by atoms with Gasteiger partial charge in [-0.25, -0.2) is 4.68 Å². The molecule has 4 nitrogen and oxygen atoms in total. The van der Waals surface area contributed by atoms with Crippen LogP contribution in [0.2, 0.25) is 5.02 Å². The van der Waals surface area contributed by atoms with Gasteiger partial charge in [0.25, 0.3) is 0 Å². The summed E-state index contributed by atoms with van der Waals surface area (Å²) in [6.07, 6.45) is 4.14. The van der Waals surface area contributed by atoms with Crippen LogP contribution in [-0.2, 0) is 0 Å². The number of aromatic nitrogens is 3. The molecule has 0 unspecified atom stereocenters. The van der Waals surface area contributed by atoms with E-state index in [2.05, 4.69) is 49.5 Å². The van der Waals surface area contributed by atoms with Gasteiger partial charge >= 0.3 is 0 Å². The van der Waals surface area contributed by atoms with E-state index in [0.717, 1.165) is 37.4 Å². The molecule has 4 rings (SSSR count). The molecule has 0 spiro atoms. The SMILES string of the molecule is CSc1nc2n(n1)[C@H](c1ccc(Br)cc1)C=C(c1ccc(Cl)cc1)N2. The summed E-state index contributed by atoms with van der Waals surface area (Å²) in [7, 11) is 0. The van der Waals surface area contributed by atoms with Gasteiger partial charge in [0.05, 0.1) is 0 Å². The highest BCUT2D eigenvalue weighted by atomic mass is 79.9. The standard InChI is InChI=1S/C18H14BrClN4S/c1-25-18-22-17-21-15(11-4-8-14(20)9-5-11)10-16(24(17)23-18)12-2-6-13(19)7-3-12/h2-10,16H,1H3,(H,21,22,23)/t16-/m0/s1. The van der Waals surface area contributed by atoms with E-state index in [0.29, 0.717) is 0 Å². The number of thioether (sulfide) groups is 1. The highest BCUT2D eigenvalue weighted by Crippen LogP contribution is 2.34. The molecule has 0 bridgehead atoms. The van der Waals surface area contributed by atoms with Crippen molar-refractivity contribution in [3.8, 4) is 0 Å². The number of nitrogens with one attached hydrogen (secondary N) is 1. The lowest BCUT2D eigenvalue weighted by Crippen LogP contribution is -2.20. The van der Waals surface area contributed by atoms with Crippen LogP contribution in [0, 0.1) is 0 Å². The quantitative estimate of drug-likeness (QED) is 0.556. The summed E-state index contributed by atoms with van der Waals surface area (Å²) >= 11 is 11.0. The average Bonchev–Trinajstić information content (AvgIpc) is 3.05. The number of fused-ring (bicyclic) bond motifs is 1. The van der Waals surface area contributed by atoms with E-state index in [4.69, 9.17) is 11.6 Å². The topological polar surface area (TPSA) is 42.7 Å². The highest BCUT2D eigenvalue weighted by molar-refractivity contribution is 9.10. The molecule has 3 aromatic rings. The first-order chi connectivity index (χ1) is 12.1. The first kappa shape index (κ1) is 16.7. The molecule has 7 heteroatoms. The molecular weight excluding hydrogens is 420 g/mol. The number of benzene rings is 2. The maximum Gasteiger partial charge on any atom is 0.227 e. The fourth-order valence-corrected chi connectivity index (χ4v) is 3.49. The molecule has 2 heterocycles. The third-order valence-electron chi connectivity index (χ3n) is 4.00. The maximum atomic E-state index is 6.02. The van der Waals surface area contributed by atoms with E-state index in [1.54, 1.807) is 0 Å². The Balaban J connectivity index is 1.81. The molecule has 0 saturated heterocycles. The Morgan fingerprint density at radius 2 is 1.84 bits per heavy atom. The second kappa shape index (κ2) is 6.86.